The first-order valence-corrected chi connectivity index (χ1v) is 5.66. The zero-order valence-electron chi connectivity index (χ0n) is 8.48. The van der Waals surface area contributed by atoms with Crippen LogP contribution in [-0.4, -0.2) is 6.54 Å². The van der Waals surface area contributed by atoms with Crippen molar-refractivity contribution in [3.63, 3.8) is 0 Å². The fraction of sp³-hybridized carbons (Fsp3) is 0.455. The van der Waals surface area contributed by atoms with E-state index in [1.165, 1.54) is 6.07 Å². The number of hydrogen-bond acceptors (Lipinski definition) is 1. The lowest BCUT2D eigenvalue weighted by Crippen LogP contribution is -2.20. The van der Waals surface area contributed by atoms with Crippen molar-refractivity contribution in [2.45, 2.75) is 26.3 Å². The van der Waals surface area contributed by atoms with Gasteiger partial charge >= 0.3 is 0 Å². The van der Waals surface area contributed by atoms with E-state index in [0.717, 1.165) is 23.0 Å². The molecule has 1 rings (SSSR count). The van der Waals surface area contributed by atoms with Crippen LogP contribution in [0.5, 0.6) is 0 Å². The third-order valence-electron chi connectivity index (χ3n) is 2.15. The Labute approximate surface area is 92.8 Å². The molecule has 0 aliphatic heterocycles. The van der Waals surface area contributed by atoms with Crippen LogP contribution in [0.15, 0.2) is 22.7 Å². The molecule has 1 N–H and O–H groups in total. The second kappa shape index (κ2) is 5.47. The molecule has 0 spiro atoms. The Morgan fingerprint density at radius 1 is 1.36 bits per heavy atom. The predicted octanol–water partition coefficient (Wildman–Crippen LogP) is 3.65. The van der Waals surface area contributed by atoms with E-state index >= 15 is 0 Å². The van der Waals surface area contributed by atoms with Crippen LogP contribution in [0.3, 0.4) is 0 Å². The van der Waals surface area contributed by atoms with Gasteiger partial charge in [0, 0.05) is 10.5 Å². The van der Waals surface area contributed by atoms with Gasteiger partial charge in [0.1, 0.15) is 5.82 Å². The molecular formula is C11H15BrFN. The summed E-state index contributed by atoms with van der Waals surface area (Å²) in [5.74, 6) is -0.189. The average molecular weight is 260 g/mol. The van der Waals surface area contributed by atoms with Crippen molar-refractivity contribution in [1.82, 2.24) is 5.32 Å². The maximum Gasteiger partial charge on any atom is 0.124 e. The van der Waals surface area contributed by atoms with Gasteiger partial charge in [0.25, 0.3) is 0 Å². The quantitative estimate of drug-likeness (QED) is 0.871. The average Bonchev–Trinajstić information content (AvgIpc) is 2.12. The van der Waals surface area contributed by atoms with Crippen molar-refractivity contribution in [3.05, 3.63) is 34.1 Å². The minimum atomic E-state index is -0.189. The molecule has 0 amide bonds. The second-order valence-electron chi connectivity index (χ2n) is 3.22. The standard InChI is InChI=1S/C11H15BrFN/c1-3-11(14-4-2)8-5-9(12)7-10(13)6-8/h5-7,11,14H,3-4H2,1-2H3. The van der Waals surface area contributed by atoms with Crippen LogP contribution >= 0.6 is 15.9 Å². The van der Waals surface area contributed by atoms with Gasteiger partial charge in [-0.05, 0) is 36.7 Å². The largest absolute Gasteiger partial charge is 0.310 e. The van der Waals surface area contributed by atoms with Crippen LogP contribution in [0.1, 0.15) is 31.9 Å². The summed E-state index contributed by atoms with van der Waals surface area (Å²) in [5.41, 5.74) is 1.00. The minimum absolute atomic E-state index is 0.189. The van der Waals surface area contributed by atoms with Crippen molar-refractivity contribution in [2.24, 2.45) is 0 Å². The smallest absolute Gasteiger partial charge is 0.124 e. The first-order valence-electron chi connectivity index (χ1n) is 4.86. The van der Waals surface area contributed by atoms with E-state index in [-0.39, 0.29) is 11.9 Å². The Balaban J connectivity index is 2.91. The topological polar surface area (TPSA) is 12.0 Å². The van der Waals surface area contributed by atoms with Gasteiger partial charge in [-0.2, -0.15) is 0 Å². The molecule has 0 aliphatic rings. The Morgan fingerprint density at radius 3 is 2.57 bits per heavy atom. The normalized spacial score (nSPS) is 12.9. The number of hydrogen-bond donors (Lipinski definition) is 1. The summed E-state index contributed by atoms with van der Waals surface area (Å²) >= 11 is 3.29. The maximum absolute atomic E-state index is 13.1. The summed E-state index contributed by atoms with van der Waals surface area (Å²) < 4.78 is 13.9. The molecule has 0 heterocycles. The van der Waals surface area contributed by atoms with Gasteiger partial charge in [-0.3, -0.25) is 0 Å². The lowest BCUT2D eigenvalue weighted by Gasteiger charge is -2.16. The number of nitrogens with one attached hydrogen (secondary N) is 1. The molecule has 0 fully saturated rings. The first-order chi connectivity index (χ1) is 6.67. The SMILES string of the molecule is CCNC(CC)c1cc(F)cc(Br)c1. The zero-order valence-corrected chi connectivity index (χ0v) is 10.1. The molecule has 0 saturated carbocycles. The highest BCUT2D eigenvalue weighted by atomic mass is 79.9. The van der Waals surface area contributed by atoms with E-state index < -0.39 is 0 Å². The number of halogens is 2. The lowest BCUT2D eigenvalue weighted by atomic mass is 10.0. The van der Waals surface area contributed by atoms with Crippen LogP contribution in [-0.2, 0) is 0 Å². The molecule has 78 valence electrons. The third-order valence-corrected chi connectivity index (χ3v) is 2.60. The van der Waals surface area contributed by atoms with E-state index in [1.807, 2.05) is 6.07 Å². The number of benzene rings is 1. The molecule has 0 aliphatic carbocycles. The monoisotopic (exact) mass is 259 g/mol. The fourth-order valence-electron chi connectivity index (χ4n) is 1.52. The molecule has 0 aromatic heterocycles. The van der Waals surface area contributed by atoms with Crippen molar-refractivity contribution >= 4 is 15.9 Å². The molecule has 0 radical (unpaired) electrons. The van der Waals surface area contributed by atoms with Gasteiger partial charge in [0.2, 0.25) is 0 Å². The highest BCUT2D eigenvalue weighted by Gasteiger charge is 2.09. The van der Waals surface area contributed by atoms with Gasteiger partial charge in [-0.25, -0.2) is 4.39 Å². The molecule has 1 unspecified atom stereocenters. The highest BCUT2D eigenvalue weighted by molar-refractivity contribution is 9.10. The van der Waals surface area contributed by atoms with E-state index in [2.05, 4.69) is 35.1 Å². The van der Waals surface area contributed by atoms with Crippen LogP contribution < -0.4 is 5.32 Å². The fourth-order valence-corrected chi connectivity index (χ4v) is 2.00. The van der Waals surface area contributed by atoms with Crippen LogP contribution in [0.4, 0.5) is 4.39 Å². The van der Waals surface area contributed by atoms with E-state index in [0.29, 0.717) is 0 Å². The predicted molar refractivity (Wildman–Crippen MR) is 60.8 cm³/mol. The highest BCUT2D eigenvalue weighted by Crippen LogP contribution is 2.22. The first kappa shape index (κ1) is 11.7. The van der Waals surface area contributed by atoms with Crippen LogP contribution in [0.2, 0.25) is 0 Å². The van der Waals surface area contributed by atoms with Crippen molar-refractivity contribution < 1.29 is 4.39 Å². The van der Waals surface area contributed by atoms with Crippen LogP contribution in [0.25, 0.3) is 0 Å². The second-order valence-corrected chi connectivity index (χ2v) is 4.14. The zero-order chi connectivity index (χ0) is 10.6. The maximum atomic E-state index is 13.1. The van der Waals surface area contributed by atoms with Gasteiger partial charge < -0.3 is 5.32 Å². The molecule has 0 saturated heterocycles. The molecule has 1 nitrogen and oxygen atoms in total. The van der Waals surface area contributed by atoms with Gasteiger partial charge in [0.15, 0.2) is 0 Å². The van der Waals surface area contributed by atoms with Gasteiger partial charge in [-0.15, -0.1) is 0 Å². The molecular weight excluding hydrogens is 245 g/mol. The summed E-state index contributed by atoms with van der Waals surface area (Å²) in [5, 5.41) is 3.32. The number of rotatable bonds is 4. The molecule has 0 bridgehead atoms. The summed E-state index contributed by atoms with van der Waals surface area (Å²) in [7, 11) is 0. The molecule has 1 aromatic carbocycles. The summed E-state index contributed by atoms with van der Waals surface area (Å²) in [6.45, 7) is 5.04. The van der Waals surface area contributed by atoms with Crippen LogP contribution in [0, 0.1) is 5.82 Å². The minimum Gasteiger partial charge on any atom is -0.310 e. The van der Waals surface area contributed by atoms with Crippen molar-refractivity contribution in [2.75, 3.05) is 6.54 Å². The van der Waals surface area contributed by atoms with Crippen molar-refractivity contribution in [3.8, 4) is 0 Å². The van der Waals surface area contributed by atoms with E-state index in [9.17, 15) is 4.39 Å². The van der Waals surface area contributed by atoms with E-state index in [1.54, 1.807) is 6.07 Å². The summed E-state index contributed by atoms with van der Waals surface area (Å²) in [6.07, 6.45) is 0.962. The third kappa shape index (κ3) is 3.07. The molecule has 3 heteroatoms. The molecule has 1 atom stereocenters. The summed E-state index contributed by atoms with van der Waals surface area (Å²) in [6, 6.07) is 5.26. The Bertz CT molecular complexity index is 281. The van der Waals surface area contributed by atoms with Gasteiger partial charge in [0.05, 0.1) is 0 Å². The van der Waals surface area contributed by atoms with Crippen molar-refractivity contribution in [1.29, 1.82) is 0 Å². The molecule has 14 heavy (non-hydrogen) atoms. The Kier molecular flexibility index (Phi) is 4.55. The Morgan fingerprint density at radius 2 is 2.07 bits per heavy atom. The summed E-state index contributed by atoms with van der Waals surface area (Å²) in [4.78, 5) is 0. The van der Waals surface area contributed by atoms with Gasteiger partial charge in [-0.1, -0.05) is 29.8 Å². The Hall–Kier alpha value is -0.410. The molecule has 1 aromatic rings. The van der Waals surface area contributed by atoms with E-state index in [4.69, 9.17) is 0 Å². The lowest BCUT2D eigenvalue weighted by molar-refractivity contribution is 0.531.